The molecule has 0 bridgehead atoms. The number of rotatable bonds is 5. The van der Waals surface area contributed by atoms with Crippen LogP contribution in [0, 0.1) is 6.92 Å². The fourth-order valence-corrected chi connectivity index (χ4v) is 9.42. The van der Waals surface area contributed by atoms with Crippen molar-refractivity contribution >= 4 is 27.8 Å². The highest BCUT2D eigenvalue weighted by Crippen LogP contribution is 2.54. The number of hydrogen-bond donors (Lipinski definition) is 0. The lowest BCUT2D eigenvalue weighted by atomic mass is 9.82. The molecule has 0 aromatic heterocycles. The number of benzene rings is 8. The smallest absolute Gasteiger partial charge is 0.0540 e. The van der Waals surface area contributed by atoms with Crippen molar-refractivity contribution in [3.63, 3.8) is 0 Å². The summed E-state index contributed by atoms with van der Waals surface area (Å²) in [6.07, 6.45) is 0. The second-order valence-corrected chi connectivity index (χ2v) is 16.3. The first kappa shape index (κ1) is 32.5. The molecule has 0 saturated carbocycles. The summed E-state index contributed by atoms with van der Waals surface area (Å²) in [5.74, 6) is 0. The van der Waals surface area contributed by atoms with E-state index < -0.39 is 0 Å². The zero-order valence-corrected chi connectivity index (χ0v) is 31.6. The summed E-state index contributed by atoms with van der Waals surface area (Å²) in [5.41, 5.74) is 20.2. The first-order valence-corrected chi connectivity index (χ1v) is 19.2. The topological polar surface area (TPSA) is 3.24 Å². The van der Waals surface area contributed by atoms with Gasteiger partial charge in [0.1, 0.15) is 0 Å². The Balaban J connectivity index is 1.25. The molecular weight excluding hydrogens is 651 g/mol. The van der Waals surface area contributed by atoms with E-state index in [1.54, 1.807) is 0 Å². The first-order chi connectivity index (χ1) is 26.2. The largest absolute Gasteiger partial charge is 0.310 e. The normalized spacial score (nSPS) is 14.3. The van der Waals surface area contributed by atoms with Gasteiger partial charge in [0.25, 0.3) is 0 Å². The zero-order valence-electron chi connectivity index (χ0n) is 31.6. The molecule has 0 heterocycles. The summed E-state index contributed by atoms with van der Waals surface area (Å²) in [4.78, 5) is 2.52. The molecule has 0 saturated heterocycles. The lowest BCUT2D eigenvalue weighted by molar-refractivity contribution is 0.660. The minimum atomic E-state index is -0.122. The fourth-order valence-electron chi connectivity index (χ4n) is 9.42. The van der Waals surface area contributed by atoms with Crippen molar-refractivity contribution < 1.29 is 0 Å². The second kappa shape index (κ2) is 11.9. The highest BCUT2D eigenvalue weighted by Gasteiger charge is 2.38. The Morgan fingerprint density at radius 2 is 0.870 bits per heavy atom. The molecule has 8 aromatic carbocycles. The van der Waals surface area contributed by atoms with Gasteiger partial charge in [-0.2, -0.15) is 0 Å². The minimum Gasteiger partial charge on any atom is -0.310 e. The Hall–Kier alpha value is -6.18. The lowest BCUT2D eigenvalue weighted by Gasteiger charge is -2.31. The molecule has 0 N–H and O–H groups in total. The maximum Gasteiger partial charge on any atom is 0.0540 e. The summed E-state index contributed by atoms with van der Waals surface area (Å²) < 4.78 is 0. The molecule has 1 heteroatoms. The predicted molar refractivity (Wildman–Crippen MR) is 229 cm³/mol. The number of nitrogens with zero attached hydrogens (tertiary/aromatic N) is 1. The number of anilines is 3. The molecule has 54 heavy (non-hydrogen) atoms. The van der Waals surface area contributed by atoms with Crippen LogP contribution in [0.15, 0.2) is 170 Å². The first-order valence-electron chi connectivity index (χ1n) is 19.2. The van der Waals surface area contributed by atoms with Gasteiger partial charge in [-0.25, -0.2) is 0 Å². The standard InChI is InChI=1S/C53H43N/c1-34-21-23-35(24-22-34)37-25-30-51(46(31-37)41-18-12-14-36-13-6-7-15-40(36)41)54(38-26-28-44-42-16-8-10-19-47(42)52(2,3)49(44)32-38)39-27-29-45-43-17-9-11-20-48(43)53(4,5)50(45)33-39/h6-33H,1-5H3. The van der Waals surface area contributed by atoms with Gasteiger partial charge < -0.3 is 4.90 Å². The number of hydrogen-bond acceptors (Lipinski definition) is 1. The van der Waals surface area contributed by atoms with Crippen molar-refractivity contribution in [2.45, 2.75) is 45.4 Å². The van der Waals surface area contributed by atoms with Crippen LogP contribution in [0.4, 0.5) is 17.1 Å². The molecule has 0 spiro atoms. The van der Waals surface area contributed by atoms with Crippen molar-refractivity contribution in [2.24, 2.45) is 0 Å². The van der Waals surface area contributed by atoms with Gasteiger partial charge in [0.15, 0.2) is 0 Å². The molecule has 260 valence electrons. The van der Waals surface area contributed by atoms with Gasteiger partial charge in [-0.15, -0.1) is 0 Å². The third-order valence-electron chi connectivity index (χ3n) is 12.4. The van der Waals surface area contributed by atoms with Gasteiger partial charge in [0.2, 0.25) is 0 Å². The van der Waals surface area contributed by atoms with E-state index in [0.717, 1.165) is 17.1 Å². The van der Waals surface area contributed by atoms with Gasteiger partial charge in [0, 0.05) is 27.8 Å². The molecule has 2 aliphatic rings. The number of aryl methyl sites for hydroxylation is 1. The molecule has 0 atom stereocenters. The van der Waals surface area contributed by atoms with Gasteiger partial charge in [-0.3, -0.25) is 0 Å². The Bertz CT molecular complexity index is 2670. The summed E-state index contributed by atoms with van der Waals surface area (Å²) >= 11 is 0. The van der Waals surface area contributed by atoms with Crippen molar-refractivity contribution in [2.75, 3.05) is 4.90 Å². The van der Waals surface area contributed by atoms with E-state index in [2.05, 4.69) is 209 Å². The van der Waals surface area contributed by atoms with E-state index in [1.165, 1.54) is 83.1 Å². The van der Waals surface area contributed by atoms with Crippen LogP contribution >= 0.6 is 0 Å². The maximum absolute atomic E-state index is 2.52. The van der Waals surface area contributed by atoms with Gasteiger partial charge >= 0.3 is 0 Å². The van der Waals surface area contributed by atoms with Crippen LogP contribution < -0.4 is 4.90 Å². The van der Waals surface area contributed by atoms with E-state index in [4.69, 9.17) is 0 Å². The molecule has 2 aliphatic carbocycles. The molecular formula is C53H43N. The van der Waals surface area contributed by atoms with Crippen molar-refractivity contribution in [1.82, 2.24) is 0 Å². The molecule has 8 aromatic rings. The van der Waals surface area contributed by atoms with Crippen molar-refractivity contribution in [3.8, 4) is 44.5 Å². The van der Waals surface area contributed by atoms with Crippen LogP contribution in [-0.4, -0.2) is 0 Å². The molecule has 0 aliphatic heterocycles. The average molecular weight is 694 g/mol. The highest BCUT2D eigenvalue weighted by atomic mass is 15.1. The van der Waals surface area contributed by atoms with E-state index in [0.29, 0.717) is 0 Å². The molecule has 10 rings (SSSR count). The molecule has 0 fully saturated rings. The van der Waals surface area contributed by atoms with E-state index in [-0.39, 0.29) is 10.8 Å². The monoisotopic (exact) mass is 693 g/mol. The van der Waals surface area contributed by atoms with E-state index in [1.807, 2.05) is 0 Å². The summed E-state index contributed by atoms with van der Waals surface area (Å²) in [5, 5.41) is 2.49. The van der Waals surface area contributed by atoms with Gasteiger partial charge in [0.05, 0.1) is 5.69 Å². The quantitative estimate of drug-likeness (QED) is 0.173. The fraction of sp³-hybridized carbons (Fsp3) is 0.132. The van der Waals surface area contributed by atoms with Crippen LogP contribution in [0.1, 0.15) is 55.5 Å². The SMILES string of the molecule is Cc1ccc(-c2ccc(N(c3ccc4c(c3)C(C)(C)c3ccccc3-4)c3ccc4c(c3)C(C)(C)c3ccccc3-4)c(-c3cccc4ccccc34)c2)cc1. The summed E-state index contributed by atoms with van der Waals surface area (Å²) in [7, 11) is 0. The predicted octanol–water partition coefficient (Wildman–Crippen LogP) is 14.6. The van der Waals surface area contributed by atoms with E-state index >= 15 is 0 Å². The Labute approximate surface area is 319 Å². The summed E-state index contributed by atoms with van der Waals surface area (Å²) in [6.45, 7) is 11.6. The van der Waals surface area contributed by atoms with Crippen LogP contribution in [-0.2, 0) is 10.8 Å². The molecule has 1 nitrogen and oxygen atoms in total. The lowest BCUT2D eigenvalue weighted by Crippen LogP contribution is -2.18. The van der Waals surface area contributed by atoms with Gasteiger partial charge in [-0.1, -0.05) is 167 Å². The average Bonchev–Trinajstić information content (AvgIpc) is 3.57. The third kappa shape index (κ3) is 4.85. The molecule has 0 unspecified atom stereocenters. The summed E-state index contributed by atoms with van der Waals surface area (Å²) in [6, 6.07) is 63.7. The van der Waals surface area contributed by atoms with E-state index in [9.17, 15) is 0 Å². The minimum absolute atomic E-state index is 0.122. The van der Waals surface area contributed by atoms with Gasteiger partial charge in [-0.05, 0) is 115 Å². The number of fused-ring (bicyclic) bond motifs is 7. The second-order valence-electron chi connectivity index (χ2n) is 16.3. The molecule has 0 radical (unpaired) electrons. The van der Waals surface area contributed by atoms with Crippen molar-refractivity contribution in [1.29, 1.82) is 0 Å². The Kier molecular flexibility index (Phi) is 7.17. The van der Waals surface area contributed by atoms with Crippen LogP contribution in [0.2, 0.25) is 0 Å². The molecule has 0 amide bonds. The van der Waals surface area contributed by atoms with Crippen LogP contribution in [0.3, 0.4) is 0 Å². The van der Waals surface area contributed by atoms with Crippen LogP contribution in [0.5, 0.6) is 0 Å². The Morgan fingerprint density at radius 3 is 1.50 bits per heavy atom. The highest BCUT2D eigenvalue weighted by molar-refractivity contribution is 6.03. The van der Waals surface area contributed by atoms with Crippen LogP contribution in [0.25, 0.3) is 55.3 Å². The van der Waals surface area contributed by atoms with Crippen molar-refractivity contribution in [3.05, 3.63) is 198 Å². The third-order valence-corrected chi connectivity index (χ3v) is 12.4. The maximum atomic E-state index is 2.52. The zero-order chi connectivity index (χ0) is 36.8. The Morgan fingerprint density at radius 1 is 0.370 bits per heavy atom.